The number of nitrogens with zero attached hydrogens (tertiary/aromatic N) is 2. The number of nitrogens with one attached hydrogen (secondary N) is 1. The minimum Gasteiger partial charge on any atom is -0.444 e. The Morgan fingerprint density at radius 2 is 2.00 bits per heavy atom. The first-order valence-electron chi connectivity index (χ1n) is 6.96. The van der Waals surface area contributed by atoms with Crippen LogP contribution in [-0.4, -0.2) is 21.5 Å². The van der Waals surface area contributed by atoms with Crippen molar-refractivity contribution in [2.75, 3.05) is 0 Å². The fourth-order valence-electron chi connectivity index (χ4n) is 1.97. The Bertz CT molecular complexity index is 559. The second kappa shape index (κ2) is 6.43. The molecule has 0 aliphatic carbocycles. The van der Waals surface area contributed by atoms with Gasteiger partial charge >= 0.3 is 6.09 Å². The molecule has 21 heavy (non-hydrogen) atoms. The smallest absolute Gasteiger partial charge is 0.408 e. The van der Waals surface area contributed by atoms with Gasteiger partial charge in [-0.2, -0.15) is 5.10 Å². The van der Waals surface area contributed by atoms with Crippen molar-refractivity contribution in [1.82, 2.24) is 15.1 Å². The summed E-state index contributed by atoms with van der Waals surface area (Å²) < 4.78 is 7.12. The van der Waals surface area contributed by atoms with Crippen molar-refractivity contribution >= 4 is 6.09 Å². The predicted octanol–water partition coefficient (Wildman–Crippen LogP) is 3.15. The molecule has 1 aromatic carbocycles. The summed E-state index contributed by atoms with van der Waals surface area (Å²) in [5.41, 5.74) is 0.496. The van der Waals surface area contributed by atoms with E-state index < -0.39 is 11.7 Å². The van der Waals surface area contributed by atoms with Gasteiger partial charge in [-0.1, -0.05) is 30.3 Å². The summed E-state index contributed by atoms with van der Waals surface area (Å²) in [6.07, 6.45) is 3.16. The van der Waals surface area contributed by atoms with E-state index >= 15 is 0 Å². The van der Waals surface area contributed by atoms with Crippen LogP contribution in [0, 0.1) is 0 Å². The van der Waals surface area contributed by atoms with E-state index in [0.717, 1.165) is 5.56 Å². The molecule has 1 atom stereocenters. The van der Waals surface area contributed by atoms with Gasteiger partial charge in [-0.25, -0.2) is 4.79 Å². The number of hydrogen-bond donors (Lipinski definition) is 1. The topological polar surface area (TPSA) is 56.1 Å². The zero-order chi connectivity index (χ0) is 15.3. The van der Waals surface area contributed by atoms with Gasteiger partial charge in [-0.05, 0) is 32.4 Å². The van der Waals surface area contributed by atoms with Crippen LogP contribution in [-0.2, 0) is 11.3 Å². The lowest BCUT2D eigenvalue weighted by Gasteiger charge is -2.24. The number of alkyl carbamates (subject to hydrolysis) is 1. The number of ether oxygens (including phenoxy) is 1. The number of carbonyl (C=O) groups excluding carboxylic acids is 1. The van der Waals surface area contributed by atoms with Crippen LogP contribution in [0.3, 0.4) is 0 Å². The molecule has 0 aliphatic heterocycles. The lowest BCUT2D eigenvalue weighted by molar-refractivity contribution is 0.0497. The van der Waals surface area contributed by atoms with E-state index in [1.807, 2.05) is 63.4 Å². The summed E-state index contributed by atoms with van der Waals surface area (Å²) in [6.45, 7) is 6.09. The average molecular weight is 287 g/mol. The van der Waals surface area contributed by atoms with Gasteiger partial charge in [0, 0.05) is 12.4 Å². The summed E-state index contributed by atoms with van der Waals surface area (Å²) in [5, 5.41) is 7.09. The molecule has 2 rings (SSSR count). The van der Waals surface area contributed by atoms with Gasteiger partial charge in [-0.15, -0.1) is 0 Å². The molecule has 0 radical (unpaired) electrons. The van der Waals surface area contributed by atoms with Crippen molar-refractivity contribution < 1.29 is 9.53 Å². The molecule has 1 aromatic heterocycles. The zero-order valence-electron chi connectivity index (χ0n) is 12.6. The second-order valence-corrected chi connectivity index (χ2v) is 5.84. The van der Waals surface area contributed by atoms with Crippen molar-refractivity contribution in [2.45, 2.75) is 39.0 Å². The average Bonchev–Trinajstić information content (AvgIpc) is 2.90. The standard InChI is InChI=1S/C16H21N3O2/c1-16(2,3)21-15(20)18-14(12-19-11-7-10-17-19)13-8-5-4-6-9-13/h4-11,14H,12H2,1-3H3,(H,18,20)/t14-/m0/s1. The van der Waals surface area contributed by atoms with Crippen LogP contribution in [0.1, 0.15) is 32.4 Å². The lowest BCUT2D eigenvalue weighted by Crippen LogP contribution is -2.36. The molecule has 2 aromatic rings. The fourth-order valence-corrected chi connectivity index (χ4v) is 1.97. The summed E-state index contributed by atoms with van der Waals surface area (Å²) >= 11 is 0. The largest absolute Gasteiger partial charge is 0.444 e. The monoisotopic (exact) mass is 287 g/mol. The van der Waals surface area contributed by atoms with Crippen molar-refractivity contribution in [2.24, 2.45) is 0 Å². The van der Waals surface area contributed by atoms with E-state index in [1.165, 1.54) is 0 Å². The van der Waals surface area contributed by atoms with Crippen molar-refractivity contribution in [1.29, 1.82) is 0 Å². The summed E-state index contributed by atoms with van der Waals surface area (Å²) in [5.74, 6) is 0. The van der Waals surface area contributed by atoms with Crippen molar-refractivity contribution in [3.63, 3.8) is 0 Å². The van der Waals surface area contributed by atoms with Crippen LogP contribution in [0.4, 0.5) is 4.79 Å². The second-order valence-electron chi connectivity index (χ2n) is 5.84. The third-order valence-electron chi connectivity index (χ3n) is 2.82. The normalized spacial score (nSPS) is 12.7. The Balaban J connectivity index is 2.11. The Morgan fingerprint density at radius 3 is 2.57 bits per heavy atom. The molecule has 0 fully saturated rings. The molecule has 5 heteroatoms. The first-order valence-corrected chi connectivity index (χ1v) is 6.96. The van der Waals surface area contributed by atoms with Gasteiger partial charge in [0.15, 0.2) is 0 Å². The predicted molar refractivity (Wildman–Crippen MR) is 80.8 cm³/mol. The molecular formula is C16H21N3O2. The van der Waals surface area contributed by atoms with Crippen LogP contribution in [0.25, 0.3) is 0 Å². The van der Waals surface area contributed by atoms with Crippen molar-refractivity contribution in [3.8, 4) is 0 Å². The molecular weight excluding hydrogens is 266 g/mol. The van der Waals surface area contributed by atoms with Gasteiger partial charge in [0.2, 0.25) is 0 Å². The quantitative estimate of drug-likeness (QED) is 0.939. The fraction of sp³-hybridized carbons (Fsp3) is 0.375. The van der Waals surface area contributed by atoms with Crippen molar-refractivity contribution in [3.05, 3.63) is 54.4 Å². The Kier molecular flexibility index (Phi) is 4.62. The Labute approximate surface area is 124 Å². The molecule has 0 saturated carbocycles. The van der Waals surface area contributed by atoms with E-state index in [2.05, 4.69) is 10.4 Å². The summed E-state index contributed by atoms with van der Waals surface area (Å²) in [4.78, 5) is 12.0. The molecule has 0 bridgehead atoms. The van der Waals surface area contributed by atoms with E-state index in [0.29, 0.717) is 6.54 Å². The van der Waals surface area contributed by atoms with E-state index in [4.69, 9.17) is 4.74 Å². The van der Waals surface area contributed by atoms with Crippen LogP contribution in [0.2, 0.25) is 0 Å². The number of amides is 1. The summed E-state index contributed by atoms with van der Waals surface area (Å²) in [7, 11) is 0. The summed E-state index contributed by atoms with van der Waals surface area (Å²) in [6, 6.07) is 11.5. The molecule has 5 nitrogen and oxygen atoms in total. The highest BCUT2D eigenvalue weighted by molar-refractivity contribution is 5.68. The van der Waals surface area contributed by atoms with Gasteiger partial charge in [0.25, 0.3) is 0 Å². The molecule has 1 amide bonds. The molecule has 112 valence electrons. The van der Waals surface area contributed by atoms with Crippen LogP contribution >= 0.6 is 0 Å². The molecule has 0 saturated heterocycles. The van der Waals surface area contributed by atoms with Crippen LogP contribution in [0.15, 0.2) is 48.8 Å². The maximum Gasteiger partial charge on any atom is 0.408 e. The highest BCUT2D eigenvalue weighted by atomic mass is 16.6. The first kappa shape index (κ1) is 15.1. The third kappa shape index (κ3) is 4.95. The number of aromatic nitrogens is 2. The molecule has 0 spiro atoms. The van der Waals surface area contributed by atoms with Gasteiger partial charge in [-0.3, -0.25) is 4.68 Å². The maximum absolute atomic E-state index is 12.0. The number of hydrogen-bond acceptors (Lipinski definition) is 3. The third-order valence-corrected chi connectivity index (χ3v) is 2.82. The van der Waals surface area contributed by atoms with Gasteiger partial charge in [0.1, 0.15) is 5.60 Å². The highest BCUT2D eigenvalue weighted by Gasteiger charge is 2.20. The van der Waals surface area contributed by atoms with E-state index in [-0.39, 0.29) is 6.04 Å². The minimum absolute atomic E-state index is 0.194. The van der Waals surface area contributed by atoms with E-state index in [1.54, 1.807) is 10.9 Å². The van der Waals surface area contributed by atoms with E-state index in [9.17, 15) is 4.79 Å². The molecule has 0 aliphatic rings. The SMILES string of the molecule is CC(C)(C)OC(=O)N[C@@H](Cn1cccn1)c1ccccc1. The molecule has 1 heterocycles. The van der Waals surface area contributed by atoms with Crippen LogP contribution < -0.4 is 5.32 Å². The number of carbonyl (C=O) groups is 1. The first-order chi connectivity index (χ1) is 9.94. The lowest BCUT2D eigenvalue weighted by atomic mass is 10.1. The Morgan fingerprint density at radius 1 is 1.29 bits per heavy atom. The molecule has 0 unspecified atom stereocenters. The number of benzene rings is 1. The zero-order valence-corrected chi connectivity index (χ0v) is 12.6. The van der Waals surface area contributed by atoms with Gasteiger partial charge in [0.05, 0.1) is 12.6 Å². The highest BCUT2D eigenvalue weighted by Crippen LogP contribution is 2.16. The maximum atomic E-state index is 12.0. The molecule has 1 N–H and O–H groups in total. The van der Waals surface area contributed by atoms with Gasteiger partial charge < -0.3 is 10.1 Å². The Hall–Kier alpha value is -2.30. The number of rotatable bonds is 4. The van der Waals surface area contributed by atoms with Crippen LogP contribution in [0.5, 0.6) is 0 Å². The minimum atomic E-state index is -0.517.